The molecule has 138 valence electrons. The number of primary sulfonamides is 1. The number of hydrogen-bond donors (Lipinski definition) is 3. The van der Waals surface area contributed by atoms with E-state index in [4.69, 9.17) is 5.14 Å². The fraction of sp³-hybridized carbons (Fsp3) is 0.222. The van der Waals surface area contributed by atoms with Gasteiger partial charge in [-0.1, -0.05) is 19.1 Å². The molecular weight excluding hydrogens is 354 g/mol. The van der Waals surface area contributed by atoms with Gasteiger partial charge in [-0.2, -0.15) is 0 Å². The molecule has 8 heteroatoms. The van der Waals surface area contributed by atoms with Crippen LogP contribution in [0.5, 0.6) is 0 Å². The first-order valence-electron chi connectivity index (χ1n) is 8.09. The lowest BCUT2D eigenvalue weighted by molar-refractivity contribution is -0.116. The number of nitrogens with one attached hydrogen (secondary N) is 2. The van der Waals surface area contributed by atoms with Crippen LogP contribution in [0, 0.1) is 0 Å². The topological polar surface area (TPSA) is 118 Å². The summed E-state index contributed by atoms with van der Waals surface area (Å²) in [5.41, 5.74) is 1.84. The summed E-state index contributed by atoms with van der Waals surface area (Å²) < 4.78 is 22.4. The number of amides is 2. The van der Waals surface area contributed by atoms with E-state index in [1.54, 1.807) is 36.4 Å². The van der Waals surface area contributed by atoms with E-state index < -0.39 is 10.0 Å². The van der Waals surface area contributed by atoms with Crippen molar-refractivity contribution in [3.63, 3.8) is 0 Å². The molecule has 0 radical (unpaired) electrons. The Balaban J connectivity index is 1.92. The minimum absolute atomic E-state index is 0.0216. The number of carbonyl (C=O) groups excluding carboxylic acids is 2. The molecule has 0 aliphatic carbocycles. The Hall–Kier alpha value is -2.71. The Morgan fingerprint density at radius 1 is 1.00 bits per heavy atom. The third-order valence-electron chi connectivity index (χ3n) is 3.61. The van der Waals surface area contributed by atoms with Gasteiger partial charge < -0.3 is 10.6 Å². The molecule has 0 atom stereocenters. The third-order valence-corrected chi connectivity index (χ3v) is 4.54. The van der Waals surface area contributed by atoms with Gasteiger partial charge in [0.15, 0.2) is 0 Å². The summed E-state index contributed by atoms with van der Waals surface area (Å²) in [4.78, 5) is 23.7. The Labute approximate surface area is 152 Å². The van der Waals surface area contributed by atoms with Gasteiger partial charge in [0, 0.05) is 24.2 Å². The van der Waals surface area contributed by atoms with Crippen molar-refractivity contribution in [2.45, 2.75) is 31.2 Å². The molecule has 0 bridgehead atoms. The molecule has 2 aromatic carbocycles. The van der Waals surface area contributed by atoms with E-state index in [1.165, 1.54) is 12.1 Å². The van der Waals surface area contributed by atoms with Crippen molar-refractivity contribution >= 4 is 27.5 Å². The molecule has 0 spiro atoms. The fourth-order valence-electron chi connectivity index (χ4n) is 2.24. The van der Waals surface area contributed by atoms with Gasteiger partial charge in [0.05, 0.1) is 4.90 Å². The molecule has 0 aliphatic heterocycles. The highest BCUT2D eigenvalue weighted by atomic mass is 32.2. The van der Waals surface area contributed by atoms with Crippen LogP contribution in [0.4, 0.5) is 5.69 Å². The molecule has 0 aromatic heterocycles. The lowest BCUT2D eigenvalue weighted by Gasteiger charge is -2.08. The number of nitrogens with two attached hydrogens (primary N) is 1. The van der Waals surface area contributed by atoms with Crippen molar-refractivity contribution in [1.29, 1.82) is 0 Å². The standard InChI is InChI=1S/C18H21N3O4S/c1-2-3-17(22)21-15-8-6-14(7-9-15)18(23)20-12-13-4-10-16(11-5-13)26(19,24)25/h4-11H,2-3,12H2,1H3,(H,20,23)(H,21,22)(H2,19,24,25). The van der Waals surface area contributed by atoms with E-state index in [1.807, 2.05) is 6.92 Å². The average molecular weight is 375 g/mol. The van der Waals surface area contributed by atoms with Crippen molar-refractivity contribution in [3.8, 4) is 0 Å². The molecule has 4 N–H and O–H groups in total. The number of anilines is 1. The summed E-state index contributed by atoms with van der Waals surface area (Å²) in [6, 6.07) is 12.6. The summed E-state index contributed by atoms with van der Waals surface area (Å²) >= 11 is 0. The molecular formula is C18H21N3O4S. The van der Waals surface area contributed by atoms with E-state index in [9.17, 15) is 18.0 Å². The normalized spacial score (nSPS) is 11.0. The van der Waals surface area contributed by atoms with Crippen molar-refractivity contribution in [1.82, 2.24) is 5.32 Å². The van der Waals surface area contributed by atoms with Crippen LogP contribution in [0.25, 0.3) is 0 Å². The minimum Gasteiger partial charge on any atom is -0.348 e. The summed E-state index contributed by atoms with van der Waals surface area (Å²) in [7, 11) is -3.73. The van der Waals surface area contributed by atoms with Gasteiger partial charge in [0.1, 0.15) is 0 Å². The van der Waals surface area contributed by atoms with Crippen LogP contribution in [-0.4, -0.2) is 20.2 Å². The molecule has 0 fully saturated rings. The monoisotopic (exact) mass is 375 g/mol. The molecule has 0 heterocycles. The van der Waals surface area contributed by atoms with E-state index in [2.05, 4.69) is 10.6 Å². The molecule has 0 saturated carbocycles. The lowest BCUT2D eigenvalue weighted by atomic mass is 10.1. The van der Waals surface area contributed by atoms with Crippen molar-refractivity contribution in [3.05, 3.63) is 59.7 Å². The van der Waals surface area contributed by atoms with Gasteiger partial charge in [-0.25, -0.2) is 13.6 Å². The first-order chi connectivity index (χ1) is 12.3. The Bertz CT molecular complexity index is 876. The van der Waals surface area contributed by atoms with E-state index in [0.717, 1.165) is 12.0 Å². The van der Waals surface area contributed by atoms with Crippen molar-refractivity contribution in [2.75, 3.05) is 5.32 Å². The van der Waals surface area contributed by atoms with Crippen molar-refractivity contribution < 1.29 is 18.0 Å². The quantitative estimate of drug-likeness (QED) is 0.686. The van der Waals surface area contributed by atoms with Crippen LogP contribution in [0.3, 0.4) is 0 Å². The number of benzene rings is 2. The van der Waals surface area contributed by atoms with E-state index in [-0.39, 0.29) is 23.3 Å². The second kappa shape index (κ2) is 8.59. The maximum Gasteiger partial charge on any atom is 0.251 e. The summed E-state index contributed by atoms with van der Waals surface area (Å²) in [5, 5.41) is 10.5. The average Bonchev–Trinajstić information content (AvgIpc) is 2.60. The number of sulfonamides is 1. The predicted molar refractivity (Wildman–Crippen MR) is 99.0 cm³/mol. The molecule has 0 unspecified atom stereocenters. The molecule has 7 nitrogen and oxygen atoms in total. The van der Waals surface area contributed by atoms with Crippen LogP contribution < -0.4 is 15.8 Å². The molecule has 0 aliphatic rings. The van der Waals surface area contributed by atoms with Gasteiger partial charge >= 0.3 is 0 Å². The van der Waals surface area contributed by atoms with Crippen LogP contribution in [-0.2, 0) is 21.4 Å². The highest BCUT2D eigenvalue weighted by Crippen LogP contribution is 2.11. The lowest BCUT2D eigenvalue weighted by Crippen LogP contribution is -2.23. The Kier molecular flexibility index (Phi) is 6.48. The first kappa shape index (κ1) is 19.6. The SMILES string of the molecule is CCCC(=O)Nc1ccc(C(=O)NCc2ccc(S(N)(=O)=O)cc2)cc1. The van der Waals surface area contributed by atoms with Gasteiger partial charge in [0.25, 0.3) is 5.91 Å². The zero-order valence-electron chi connectivity index (χ0n) is 14.4. The second-order valence-electron chi connectivity index (χ2n) is 5.75. The minimum atomic E-state index is -3.73. The first-order valence-corrected chi connectivity index (χ1v) is 9.64. The zero-order chi connectivity index (χ0) is 19.2. The molecule has 26 heavy (non-hydrogen) atoms. The molecule has 2 amide bonds. The van der Waals surface area contributed by atoms with Gasteiger partial charge in [-0.3, -0.25) is 9.59 Å². The van der Waals surface area contributed by atoms with Gasteiger partial charge in [-0.15, -0.1) is 0 Å². The fourth-order valence-corrected chi connectivity index (χ4v) is 2.75. The van der Waals surface area contributed by atoms with E-state index >= 15 is 0 Å². The number of carbonyl (C=O) groups is 2. The Morgan fingerprint density at radius 3 is 2.15 bits per heavy atom. The highest BCUT2D eigenvalue weighted by Gasteiger charge is 2.09. The number of hydrogen-bond acceptors (Lipinski definition) is 4. The number of rotatable bonds is 7. The van der Waals surface area contributed by atoms with Crippen LogP contribution in [0.15, 0.2) is 53.4 Å². The Morgan fingerprint density at radius 2 is 1.62 bits per heavy atom. The molecule has 2 rings (SSSR count). The van der Waals surface area contributed by atoms with Crippen LogP contribution in [0.1, 0.15) is 35.7 Å². The predicted octanol–water partition coefficient (Wildman–Crippen LogP) is 2.00. The largest absolute Gasteiger partial charge is 0.348 e. The van der Waals surface area contributed by atoms with Crippen molar-refractivity contribution in [2.24, 2.45) is 5.14 Å². The van der Waals surface area contributed by atoms with Crippen LogP contribution >= 0.6 is 0 Å². The molecule has 0 saturated heterocycles. The smallest absolute Gasteiger partial charge is 0.251 e. The summed E-state index contributed by atoms with van der Waals surface area (Å²) in [6.07, 6.45) is 1.22. The summed E-state index contributed by atoms with van der Waals surface area (Å²) in [6.45, 7) is 2.17. The maximum atomic E-state index is 12.2. The van der Waals surface area contributed by atoms with Gasteiger partial charge in [0.2, 0.25) is 15.9 Å². The maximum absolute atomic E-state index is 12.2. The van der Waals surface area contributed by atoms with Gasteiger partial charge in [-0.05, 0) is 48.4 Å². The third kappa shape index (κ3) is 5.68. The van der Waals surface area contributed by atoms with E-state index in [0.29, 0.717) is 17.7 Å². The summed E-state index contributed by atoms with van der Waals surface area (Å²) in [5.74, 6) is -0.334. The van der Waals surface area contributed by atoms with Crippen LogP contribution in [0.2, 0.25) is 0 Å². The highest BCUT2D eigenvalue weighted by molar-refractivity contribution is 7.89. The second-order valence-corrected chi connectivity index (χ2v) is 7.31. The molecule has 2 aromatic rings. The zero-order valence-corrected chi connectivity index (χ0v) is 15.2.